The Morgan fingerprint density at radius 1 is 0.918 bits per heavy atom. The number of anilines is 1. The van der Waals surface area contributed by atoms with Crippen molar-refractivity contribution in [3.8, 4) is 22.9 Å². The van der Waals surface area contributed by atoms with E-state index in [9.17, 15) is 49.9 Å². The molecule has 2 saturated carbocycles. The van der Waals surface area contributed by atoms with E-state index in [0.717, 1.165) is 30.7 Å². The molecule has 3 aromatic rings. The quantitative estimate of drug-likeness (QED) is 0.262. The minimum atomic E-state index is -6.03. The molecule has 0 radical (unpaired) electrons. The molecule has 15 heteroatoms. The zero-order valence-electron chi connectivity index (χ0n) is 26.3. The van der Waals surface area contributed by atoms with Gasteiger partial charge in [0.25, 0.3) is 5.60 Å². The molecular formula is C34H34F6N4O4S. The first kappa shape index (κ1) is 34.9. The van der Waals surface area contributed by atoms with Gasteiger partial charge in [-0.3, -0.25) is 4.79 Å². The zero-order chi connectivity index (χ0) is 35.4. The highest BCUT2D eigenvalue weighted by Gasteiger charge is 2.71. The fraction of sp³-hybridized carbons (Fsp3) is 0.500. The van der Waals surface area contributed by atoms with E-state index in [1.165, 1.54) is 4.68 Å². The van der Waals surface area contributed by atoms with Gasteiger partial charge < -0.3 is 10.0 Å². The fourth-order valence-corrected chi connectivity index (χ4v) is 8.17. The lowest BCUT2D eigenvalue weighted by atomic mass is 9.72. The highest BCUT2D eigenvalue weighted by atomic mass is 32.2. The van der Waals surface area contributed by atoms with E-state index in [1.807, 2.05) is 29.2 Å². The summed E-state index contributed by atoms with van der Waals surface area (Å²) in [6.07, 6.45) is -6.15. The molecule has 2 aliphatic carbocycles. The van der Waals surface area contributed by atoms with Crippen LogP contribution < -0.4 is 4.90 Å². The Morgan fingerprint density at radius 2 is 1.49 bits per heavy atom. The van der Waals surface area contributed by atoms with Crippen LogP contribution in [0.1, 0.15) is 62.1 Å². The van der Waals surface area contributed by atoms with Crippen molar-refractivity contribution in [3.63, 3.8) is 0 Å². The predicted octanol–water partition coefficient (Wildman–Crippen LogP) is 6.62. The number of aliphatic hydroxyl groups is 1. The molecule has 6 rings (SSSR count). The number of ketones is 1. The highest BCUT2D eigenvalue weighted by molar-refractivity contribution is 7.91. The van der Waals surface area contributed by atoms with Gasteiger partial charge in [0.2, 0.25) is 0 Å². The average molecular weight is 709 g/mol. The van der Waals surface area contributed by atoms with Gasteiger partial charge in [-0.05, 0) is 55.5 Å². The second kappa shape index (κ2) is 12.5. The first-order valence-electron chi connectivity index (χ1n) is 16.0. The number of halogens is 6. The lowest BCUT2D eigenvalue weighted by molar-refractivity contribution is -0.376. The van der Waals surface area contributed by atoms with E-state index in [2.05, 4.69) is 6.07 Å². The molecule has 0 bridgehead atoms. The second-order valence-corrected chi connectivity index (χ2v) is 15.6. The standard InChI is InChI=1S/C34H34F6N4O4S/c35-33(36,37)32(46,34(38,39)40)23-7-11-25(12-8-23)44-20-28(22-5-9-24(10-6-22)43-15-17-49(47,48)18-16-43)30(42-44)27-4-2-1-3-26(27)29(45)19-31(21-41)13-14-31/h5-12,20,26-27,46H,1-4,13-19H2/t26-,27-/m1/s1. The van der Waals surface area contributed by atoms with E-state index in [0.29, 0.717) is 67.7 Å². The number of aromatic nitrogens is 2. The van der Waals surface area contributed by atoms with E-state index < -0.39 is 44.7 Å². The number of carbonyl (C=O) groups is 1. The molecule has 1 aromatic heterocycles. The Hall–Kier alpha value is -3.90. The van der Waals surface area contributed by atoms with E-state index >= 15 is 0 Å². The summed E-state index contributed by atoms with van der Waals surface area (Å²) in [7, 11) is -3.09. The summed E-state index contributed by atoms with van der Waals surface area (Å²) in [5.41, 5.74) is -4.31. The number of nitriles is 1. The number of rotatable bonds is 8. The van der Waals surface area contributed by atoms with Crippen LogP contribution in [-0.4, -0.2) is 66.0 Å². The number of alkyl halides is 6. The van der Waals surface area contributed by atoms with Gasteiger partial charge in [0.1, 0.15) is 5.78 Å². The molecule has 1 saturated heterocycles. The van der Waals surface area contributed by atoms with E-state index in [-0.39, 0.29) is 35.3 Å². The number of Topliss-reactive ketones (excluding diaryl/α,β-unsaturated/α-hetero) is 1. The van der Waals surface area contributed by atoms with Gasteiger partial charge in [-0.25, -0.2) is 13.1 Å². The largest absolute Gasteiger partial charge is 0.430 e. The Bertz CT molecular complexity index is 1830. The van der Waals surface area contributed by atoms with Gasteiger partial charge in [0, 0.05) is 54.4 Å². The second-order valence-electron chi connectivity index (χ2n) is 13.3. The van der Waals surface area contributed by atoms with E-state index in [4.69, 9.17) is 5.10 Å². The van der Waals surface area contributed by atoms with Crippen molar-refractivity contribution in [3.05, 3.63) is 66.0 Å². The number of benzene rings is 2. The fourth-order valence-electron chi connectivity index (χ4n) is 6.97. The molecule has 1 aliphatic heterocycles. The van der Waals surface area contributed by atoms with Gasteiger partial charge in [-0.15, -0.1) is 0 Å². The molecule has 2 atom stereocenters. The van der Waals surface area contributed by atoms with Crippen LogP contribution in [0, 0.1) is 22.7 Å². The molecular weight excluding hydrogens is 674 g/mol. The average Bonchev–Trinajstić information content (AvgIpc) is 3.69. The smallest absolute Gasteiger partial charge is 0.369 e. The molecule has 0 spiro atoms. The maximum atomic E-state index is 13.6. The molecule has 2 heterocycles. The summed E-state index contributed by atoms with van der Waals surface area (Å²) in [6, 6.07) is 12.8. The Morgan fingerprint density at radius 3 is 2.04 bits per heavy atom. The Balaban J connectivity index is 1.38. The predicted molar refractivity (Wildman–Crippen MR) is 167 cm³/mol. The normalized spacial score (nSPS) is 22.4. The van der Waals surface area contributed by atoms with Crippen molar-refractivity contribution in [2.45, 2.75) is 68.8 Å². The molecule has 262 valence electrons. The molecule has 49 heavy (non-hydrogen) atoms. The molecule has 0 amide bonds. The Kier molecular flexibility index (Phi) is 8.88. The monoisotopic (exact) mass is 708 g/mol. The number of carbonyl (C=O) groups excluding carboxylic acids is 1. The van der Waals surface area contributed by atoms with Crippen LogP contribution in [0.5, 0.6) is 0 Å². The molecule has 2 aromatic carbocycles. The van der Waals surface area contributed by atoms with E-state index in [1.54, 1.807) is 6.20 Å². The van der Waals surface area contributed by atoms with Crippen LogP contribution >= 0.6 is 0 Å². The Labute approximate surface area is 279 Å². The highest BCUT2D eigenvalue weighted by Crippen LogP contribution is 2.52. The van der Waals surface area contributed by atoms with Gasteiger partial charge in [-0.2, -0.15) is 36.7 Å². The molecule has 1 N–H and O–H groups in total. The van der Waals surface area contributed by atoms with Crippen LogP contribution in [0.4, 0.5) is 32.0 Å². The number of hydrogen-bond acceptors (Lipinski definition) is 7. The van der Waals surface area contributed by atoms with Crippen molar-refractivity contribution in [1.82, 2.24) is 9.78 Å². The molecule has 0 unspecified atom stereocenters. The summed E-state index contributed by atoms with van der Waals surface area (Å²) in [5, 5.41) is 24.2. The maximum Gasteiger partial charge on any atom is 0.430 e. The minimum absolute atomic E-state index is 0.0254. The summed E-state index contributed by atoms with van der Waals surface area (Å²) in [5.74, 6) is -0.718. The van der Waals surface area contributed by atoms with Crippen molar-refractivity contribution in [2.24, 2.45) is 11.3 Å². The van der Waals surface area contributed by atoms with Crippen molar-refractivity contribution >= 4 is 21.3 Å². The number of sulfone groups is 1. The first-order chi connectivity index (χ1) is 23.0. The number of hydrogen-bond donors (Lipinski definition) is 1. The molecule has 3 aliphatic rings. The lowest BCUT2D eigenvalue weighted by Crippen LogP contribution is -2.53. The topological polar surface area (TPSA) is 116 Å². The van der Waals surface area contributed by atoms with Gasteiger partial charge >= 0.3 is 12.4 Å². The minimum Gasteiger partial charge on any atom is -0.369 e. The van der Waals surface area contributed by atoms with Crippen LogP contribution in [0.25, 0.3) is 16.8 Å². The summed E-state index contributed by atoms with van der Waals surface area (Å²) < 4.78 is 106. The van der Waals surface area contributed by atoms with Crippen LogP contribution in [-0.2, 0) is 20.2 Å². The van der Waals surface area contributed by atoms with Crippen LogP contribution in [0.2, 0.25) is 0 Å². The molecule has 8 nitrogen and oxygen atoms in total. The zero-order valence-corrected chi connectivity index (χ0v) is 27.1. The van der Waals surface area contributed by atoms with Crippen LogP contribution in [0.15, 0.2) is 54.7 Å². The van der Waals surface area contributed by atoms with Gasteiger partial charge in [0.15, 0.2) is 9.84 Å². The maximum absolute atomic E-state index is 13.6. The van der Waals surface area contributed by atoms with Gasteiger partial charge in [-0.1, -0.05) is 37.1 Å². The van der Waals surface area contributed by atoms with Crippen molar-refractivity contribution < 1.29 is 44.7 Å². The lowest BCUT2D eigenvalue weighted by Gasteiger charge is -2.32. The summed E-state index contributed by atoms with van der Waals surface area (Å²) >= 11 is 0. The first-order valence-corrected chi connectivity index (χ1v) is 17.9. The SMILES string of the molecule is N#CC1(CC(=O)[C@@H]2CCCC[C@H]2c2nn(-c3ccc(C(O)(C(F)(F)F)C(F)(F)F)cc3)cc2-c2ccc(N3CCS(=O)(=O)CC3)cc2)CC1. The summed E-state index contributed by atoms with van der Waals surface area (Å²) in [4.78, 5) is 15.6. The summed E-state index contributed by atoms with van der Waals surface area (Å²) in [6.45, 7) is 0.684. The van der Waals surface area contributed by atoms with Crippen LogP contribution in [0.3, 0.4) is 0 Å². The van der Waals surface area contributed by atoms with Gasteiger partial charge in [0.05, 0.1) is 34.4 Å². The third-order valence-electron chi connectivity index (χ3n) is 10.1. The molecule has 3 fully saturated rings. The third-order valence-corrected chi connectivity index (χ3v) is 11.7. The van der Waals surface area contributed by atoms with Crippen molar-refractivity contribution in [2.75, 3.05) is 29.5 Å². The van der Waals surface area contributed by atoms with Crippen molar-refractivity contribution in [1.29, 1.82) is 5.26 Å². The number of nitrogens with zero attached hydrogens (tertiary/aromatic N) is 4. The third kappa shape index (κ3) is 6.69.